The molecular weight excluding hydrogens is 311 g/mol. The van der Waals surface area contributed by atoms with Gasteiger partial charge in [-0.25, -0.2) is 13.2 Å². The quantitative estimate of drug-likeness (QED) is 0.858. The van der Waals surface area contributed by atoms with Crippen LogP contribution in [0.3, 0.4) is 0 Å². The van der Waals surface area contributed by atoms with Gasteiger partial charge in [0.2, 0.25) is 0 Å². The molecule has 0 atom stereocenters. The number of alkyl halides is 2. The van der Waals surface area contributed by atoms with Gasteiger partial charge in [-0.3, -0.25) is 4.79 Å². The topological polar surface area (TPSA) is 58.6 Å². The molecule has 0 fully saturated rings. The largest absolute Gasteiger partial charge is 0.508 e. The molecule has 0 saturated carbocycles. The van der Waals surface area contributed by atoms with E-state index in [4.69, 9.17) is 9.84 Å². The highest BCUT2D eigenvalue weighted by molar-refractivity contribution is 5.94. The monoisotopic (exact) mass is 325 g/mol. The maximum absolute atomic E-state index is 13.6. The summed E-state index contributed by atoms with van der Waals surface area (Å²) in [7, 11) is 0. The molecule has 0 aromatic heterocycles. The van der Waals surface area contributed by atoms with Crippen molar-refractivity contribution in [2.75, 3.05) is 6.61 Å². The van der Waals surface area contributed by atoms with Crippen molar-refractivity contribution in [3.8, 4) is 11.5 Å². The van der Waals surface area contributed by atoms with Crippen LogP contribution in [0.15, 0.2) is 42.5 Å². The van der Waals surface area contributed by atoms with Gasteiger partial charge in [0.25, 0.3) is 12.3 Å². The van der Waals surface area contributed by atoms with E-state index in [9.17, 15) is 18.0 Å². The number of ether oxygens (including phenoxy) is 1. The van der Waals surface area contributed by atoms with Crippen LogP contribution in [-0.2, 0) is 6.54 Å². The molecule has 0 bridgehead atoms. The second kappa shape index (κ2) is 7.53. The number of carbonyl (C=O) groups excluding carboxylic acids is 1. The lowest BCUT2D eigenvalue weighted by atomic mass is 10.1. The molecule has 0 spiro atoms. The summed E-state index contributed by atoms with van der Waals surface area (Å²) in [5.74, 6) is -1.51. The van der Waals surface area contributed by atoms with Gasteiger partial charge in [-0.05, 0) is 29.8 Å². The molecule has 0 unspecified atom stereocenters. The van der Waals surface area contributed by atoms with Crippen molar-refractivity contribution in [1.29, 1.82) is 0 Å². The molecule has 23 heavy (non-hydrogen) atoms. The number of nitrogens with one attached hydrogen (secondary N) is 1. The van der Waals surface area contributed by atoms with Gasteiger partial charge in [0.05, 0.1) is 5.56 Å². The Kier molecular flexibility index (Phi) is 5.46. The van der Waals surface area contributed by atoms with Crippen molar-refractivity contribution >= 4 is 5.91 Å². The number of rotatable bonds is 6. The molecule has 2 aromatic rings. The molecule has 7 heteroatoms. The van der Waals surface area contributed by atoms with Crippen LogP contribution in [0.2, 0.25) is 0 Å². The molecule has 0 heterocycles. The normalized spacial score (nSPS) is 10.6. The van der Waals surface area contributed by atoms with E-state index in [0.29, 0.717) is 5.56 Å². The van der Waals surface area contributed by atoms with E-state index in [0.717, 1.165) is 6.07 Å². The fourth-order valence-electron chi connectivity index (χ4n) is 1.87. The average molecular weight is 325 g/mol. The van der Waals surface area contributed by atoms with E-state index in [1.165, 1.54) is 24.3 Å². The Hall–Kier alpha value is -2.70. The minimum Gasteiger partial charge on any atom is -0.508 e. The molecule has 0 radical (unpaired) electrons. The van der Waals surface area contributed by atoms with Crippen LogP contribution < -0.4 is 10.1 Å². The fourth-order valence-corrected chi connectivity index (χ4v) is 1.87. The highest BCUT2D eigenvalue weighted by Crippen LogP contribution is 2.16. The van der Waals surface area contributed by atoms with E-state index in [1.807, 2.05) is 0 Å². The number of hydrogen-bond donors (Lipinski definition) is 2. The molecule has 4 nitrogen and oxygen atoms in total. The summed E-state index contributed by atoms with van der Waals surface area (Å²) in [5.41, 5.74) is 0.414. The van der Waals surface area contributed by atoms with Gasteiger partial charge >= 0.3 is 0 Å². The number of carbonyl (C=O) groups is 1. The van der Waals surface area contributed by atoms with Crippen LogP contribution in [0.4, 0.5) is 13.2 Å². The number of amides is 1. The summed E-state index contributed by atoms with van der Waals surface area (Å²) in [4.78, 5) is 11.9. The van der Waals surface area contributed by atoms with E-state index < -0.39 is 24.8 Å². The minimum atomic E-state index is -2.57. The Morgan fingerprint density at radius 3 is 2.70 bits per heavy atom. The molecule has 122 valence electrons. The number of benzene rings is 2. The Bertz CT molecular complexity index is 692. The van der Waals surface area contributed by atoms with Gasteiger partial charge in [0.1, 0.15) is 23.9 Å². The van der Waals surface area contributed by atoms with Crippen LogP contribution in [0, 0.1) is 5.82 Å². The first-order valence-electron chi connectivity index (χ1n) is 6.72. The van der Waals surface area contributed by atoms with Crippen LogP contribution in [0.5, 0.6) is 11.5 Å². The summed E-state index contributed by atoms with van der Waals surface area (Å²) in [6.45, 7) is -0.639. The smallest absolute Gasteiger partial charge is 0.272 e. The second-order valence-electron chi connectivity index (χ2n) is 4.70. The van der Waals surface area contributed by atoms with Gasteiger partial charge in [-0.15, -0.1) is 0 Å². The Balaban J connectivity index is 1.97. The van der Waals surface area contributed by atoms with Gasteiger partial charge in [-0.1, -0.05) is 12.1 Å². The minimum absolute atomic E-state index is 0.0744. The Morgan fingerprint density at radius 2 is 2.00 bits per heavy atom. The molecule has 0 saturated heterocycles. The first-order chi connectivity index (χ1) is 11.0. The first kappa shape index (κ1) is 16.7. The van der Waals surface area contributed by atoms with E-state index in [1.54, 1.807) is 12.1 Å². The van der Waals surface area contributed by atoms with Crippen molar-refractivity contribution < 1.29 is 27.8 Å². The molecule has 2 N–H and O–H groups in total. The van der Waals surface area contributed by atoms with E-state index >= 15 is 0 Å². The average Bonchev–Trinajstić information content (AvgIpc) is 2.51. The lowest BCUT2D eigenvalue weighted by Crippen LogP contribution is -2.23. The summed E-state index contributed by atoms with van der Waals surface area (Å²) < 4.78 is 42.6. The molecule has 2 aromatic carbocycles. The third kappa shape index (κ3) is 4.91. The van der Waals surface area contributed by atoms with Gasteiger partial charge in [0.15, 0.2) is 0 Å². The predicted octanol–water partition coefficient (Wildman–Crippen LogP) is 3.11. The zero-order valence-electron chi connectivity index (χ0n) is 11.9. The van der Waals surface area contributed by atoms with Crippen LogP contribution in [0.1, 0.15) is 15.9 Å². The molecule has 0 aliphatic rings. The summed E-state index contributed by atoms with van der Waals surface area (Å²) >= 11 is 0. The Morgan fingerprint density at radius 1 is 1.22 bits per heavy atom. The summed E-state index contributed by atoms with van der Waals surface area (Å²) in [6.07, 6.45) is -2.57. The van der Waals surface area contributed by atoms with Gasteiger partial charge in [-0.2, -0.15) is 0 Å². The zero-order valence-corrected chi connectivity index (χ0v) is 11.9. The van der Waals surface area contributed by atoms with Crippen LogP contribution in [0.25, 0.3) is 0 Å². The Labute approximate surface area is 130 Å². The zero-order chi connectivity index (χ0) is 16.8. The highest BCUT2D eigenvalue weighted by Gasteiger charge is 2.12. The molecule has 0 aliphatic heterocycles. The predicted molar refractivity (Wildman–Crippen MR) is 77.2 cm³/mol. The number of hydrogen-bond acceptors (Lipinski definition) is 3. The van der Waals surface area contributed by atoms with Gasteiger partial charge < -0.3 is 15.2 Å². The maximum Gasteiger partial charge on any atom is 0.272 e. The van der Waals surface area contributed by atoms with Crippen molar-refractivity contribution in [1.82, 2.24) is 5.32 Å². The third-order valence-electron chi connectivity index (χ3n) is 2.92. The number of phenols is 1. The highest BCUT2D eigenvalue weighted by atomic mass is 19.3. The first-order valence-corrected chi connectivity index (χ1v) is 6.72. The van der Waals surface area contributed by atoms with Crippen molar-refractivity contribution in [2.24, 2.45) is 0 Å². The third-order valence-corrected chi connectivity index (χ3v) is 2.92. The van der Waals surface area contributed by atoms with Crippen LogP contribution >= 0.6 is 0 Å². The molecule has 0 aliphatic carbocycles. The van der Waals surface area contributed by atoms with E-state index in [-0.39, 0.29) is 23.6 Å². The van der Waals surface area contributed by atoms with Crippen molar-refractivity contribution in [2.45, 2.75) is 13.0 Å². The maximum atomic E-state index is 13.6. The molecule has 1 amide bonds. The lowest BCUT2D eigenvalue weighted by molar-refractivity contribution is 0.0818. The van der Waals surface area contributed by atoms with E-state index in [2.05, 4.69) is 5.32 Å². The lowest BCUT2D eigenvalue weighted by Gasteiger charge is -2.09. The van der Waals surface area contributed by atoms with Crippen molar-refractivity contribution in [3.05, 3.63) is 59.4 Å². The standard InChI is InChI=1S/C16H14F3NO3/c17-14-7-11(21)4-5-13(14)16(22)20-8-10-2-1-3-12(6-10)23-9-15(18)19/h1-7,15,21H,8-9H2,(H,20,22). The van der Waals surface area contributed by atoms with Crippen LogP contribution in [-0.4, -0.2) is 24.0 Å². The second-order valence-corrected chi connectivity index (χ2v) is 4.70. The summed E-state index contributed by atoms with van der Waals surface area (Å²) in [5, 5.41) is 11.6. The van der Waals surface area contributed by atoms with Crippen molar-refractivity contribution in [3.63, 3.8) is 0 Å². The molecule has 2 rings (SSSR count). The number of aromatic hydroxyl groups is 1. The number of phenolic OH excluding ortho intramolecular Hbond substituents is 1. The number of halogens is 3. The van der Waals surface area contributed by atoms with Gasteiger partial charge in [0, 0.05) is 12.6 Å². The molecular formula is C16H14F3NO3. The summed E-state index contributed by atoms with van der Waals surface area (Å²) in [6, 6.07) is 9.52. The SMILES string of the molecule is O=C(NCc1cccc(OCC(F)F)c1)c1ccc(O)cc1F. The fraction of sp³-hybridized carbons (Fsp3) is 0.188.